The predicted molar refractivity (Wildman–Crippen MR) is 103 cm³/mol. The first-order valence-electron chi connectivity index (χ1n) is 9.14. The summed E-state index contributed by atoms with van der Waals surface area (Å²) < 4.78 is 1.71. The number of aryl methyl sites for hydroxylation is 2. The van der Waals surface area contributed by atoms with Gasteiger partial charge < -0.3 is 16.2 Å². The van der Waals surface area contributed by atoms with Crippen LogP contribution in [0.25, 0.3) is 16.6 Å². The van der Waals surface area contributed by atoms with Crippen LogP contribution in [0.1, 0.15) is 41.5 Å². The van der Waals surface area contributed by atoms with Crippen molar-refractivity contribution < 1.29 is 9.90 Å². The molecule has 8 heteroatoms. The molecule has 2 unspecified atom stereocenters. The highest BCUT2D eigenvalue weighted by Crippen LogP contribution is 2.36. The van der Waals surface area contributed by atoms with Gasteiger partial charge in [-0.05, 0) is 45.6 Å². The number of amides is 1. The molecular weight excluding hydrogens is 344 g/mol. The maximum absolute atomic E-state index is 12.0. The number of hydrogen-bond donors (Lipinski definition) is 4. The molecule has 1 saturated carbocycles. The largest absolute Gasteiger partial charge is 0.391 e. The third kappa shape index (κ3) is 3.06. The normalized spacial score (nSPS) is 16.4. The van der Waals surface area contributed by atoms with Crippen LogP contribution >= 0.6 is 0 Å². The first kappa shape index (κ1) is 17.5. The number of aliphatic hydroxyl groups excluding tert-OH is 1. The summed E-state index contributed by atoms with van der Waals surface area (Å²) in [5.74, 6) is -0.236. The summed E-state index contributed by atoms with van der Waals surface area (Å²) in [6.45, 7) is 5.82. The van der Waals surface area contributed by atoms with Gasteiger partial charge in [-0.1, -0.05) is 0 Å². The van der Waals surface area contributed by atoms with Gasteiger partial charge >= 0.3 is 0 Å². The van der Waals surface area contributed by atoms with E-state index >= 15 is 0 Å². The van der Waals surface area contributed by atoms with Crippen molar-refractivity contribution in [3.8, 4) is 11.1 Å². The van der Waals surface area contributed by atoms with E-state index in [1.807, 2.05) is 33.0 Å². The Morgan fingerprint density at radius 3 is 2.78 bits per heavy atom. The predicted octanol–water partition coefficient (Wildman–Crippen LogP) is 2.01. The lowest BCUT2D eigenvalue weighted by Gasteiger charge is -2.22. The number of aliphatic hydroxyl groups is 1. The SMILES string of the molecule is Cc1n[nH]c(C)c1-c1cc2c(NC(C)C(O)C3CC3)c(C(N)=O)cnn2c1. The molecule has 1 fully saturated rings. The Morgan fingerprint density at radius 1 is 1.44 bits per heavy atom. The number of nitrogens with zero attached hydrogens (tertiary/aromatic N) is 3. The first-order chi connectivity index (χ1) is 12.9. The van der Waals surface area contributed by atoms with Crippen LogP contribution in [0.4, 0.5) is 5.69 Å². The molecule has 4 rings (SSSR count). The molecule has 3 heterocycles. The fourth-order valence-corrected chi connectivity index (χ4v) is 3.67. The van der Waals surface area contributed by atoms with E-state index in [9.17, 15) is 9.90 Å². The smallest absolute Gasteiger partial charge is 0.252 e. The number of primary amides is 1. The molecule has 0 aliphatic heterocycles. The Morgan fingerprint density at radius 2 is 2.19 bits per heavy atom. The lowest BCUT2D eigenvalue weighted by Crippen LogP contribution is -2.33. The Hall–Kier alpha value is -2.87. The van der Waals surface area contributed by atoms with Crippen molar-refractivity contribution in [1.82, 2.24) is 19.8 Å². The monoisotopic (exact) mass is 368 g/mol. The molecule has 0 aromatic carbocycles. The van der Waals surface area contributed by atoms with E-state index in [4.69, 9.17) is 5.73 Å². The van der Waals surface area contributed by atoms with Crippen molar-refractivity contribution in [2.75, 3.05) is 5.32 Å². The van der Waals surface area contributed by atoms with Gasteiger partial charge in [0.15, 0.2) is 0 Å². The summed E-state index contributed by atoms with van der Waals surface area (Å²) in [5, 5.41) is 25.3. The van der Waals surface area contributed by atoms with Crippen LogP contribution in [0.15, 0.2) is 18.5 Å². The standard InChI is InChI=1S/C19H24N6O2/c1-9-16(10(2)24-23-9)13-6-15-17(22-11(3)18(26)12-4-5-12)14(19(20)27)7-21-25(15)8-13/h6-8,11-12,18,22,26H,4-5H2,1-3H3,(H2,20,27)(H,23,24). The van der Waals surface area contributed by atoms with Crippen LogP contribution in [0.3, 0.4) is 0 Å². The van der Waals surface area contributed by atoms with Crippen molar-refractivity contribution in [1.29, 1.82) is 0 Å². The number of fused-ring (bicyclic) bond motifs is 1. The molecule has 0 saturated heterocycles. The number of aromatic amines is 1. The average molecular weight is 368 g/mol. The maximum Gasteiger partial charge on any atom is 0.252 e. The maximum atomic E-state index is 12.0. The quantitative estimate of drug-likeness (QED) is 0.530. The number of H-pyrrole nitrogens is 1. The van der Waals surface area contributed by atoms with Crippen LogP contribution in [0, 0.1) is 19.8 Å². The van der Waals surface area contributed by atoms with Crippen LogP contribution < -0.4 is 11.1 Å². The molecule has 5 N–H and O–H groups in total. The van der Waals surface area contributed by atoms with E-state index < -0.39 is 12.0 Å². The van der Waals surface area contributed by atoms with Crippen LogP contribution in [-0.2, 0) is 0 Å². The van der Waals surface area contributed by atoms with Gasteiger partial charge in [-0.25, -0.2) is 4.52 Å². The molecule has 8 nitrogen and oxygen atoms in total. The highest BCUT2D eigenvalue weighted by molar-refractivity contribution is 6.02. The molecule has 0 bridgehead atoms. The molecule has 1 aliphatic carbocycles. The Bertz CT molecular complexity index is 997. The van der Waals surface area contributed by atoms with E-state index in [1.165, 1.54) is 6.20 Å². The van der Waals surface area contributed by atoms with E-state index in [-0.39, 0.29) is 6.04 Å². The Kier molecular flexibility index (Phi) is 4.15. The van der Waals surface area contributed by atoms with E-state index in [0.29, 0.717) is 17.2 Å². The number of hydrogen-bond acceptors (Lipinski definition) is 5. The van der Waals surface area contributed by atoms with Crippen molar-refractivity contribution in [2.24, 2.45) is 11.7 Å². The zero-order valence-electron chi connectivity index (χ0n) is 15.7. The van der Waals surface area contributed by atoms with Crippen molar-refractivity contribution in [3.05, 3.63) is 35.4 Å². The van der Waals surface area contributed by atoms with Crippen LogP contribution in [-0.4, -0.2) is 43.0 Å². The minimum absolute atomic E-state index is 0.211. The molecule has 0 spiro atoms. The second kappa shape index (κ2) is 6.38. The highest BCUT2D eigenvalue weighted by atomic mass is 16.3. The minimum atomic E-state index is -0.556. The lowest BCUT2D eigenvalue weighted by molar-refractivity contribution is 0.1000. The summed E-state index contributed by atoms with van der Waals surface area (Å²) in [5.41, 5.74) is 11.0. The first-order valence-corrected chi connectivity index (χ1v) is 9.14. The number of nitrogens with two attached hydrogens (primary N) is 1. The number of rotatable bonds is 6. The van der Waals surface area contributed by atoms with Crippen molar-refractivity contribution in [2.45, 2.75) is 45.8 Å². The Balaban J connectivity index is 1.81. The summed E-state index contributed by atoms with van der Waals surface area (Å²) in [6.07, 6.45) is 4.98. The minimum Gasteiger partial charge on any atom is -0.391 e. The van der Waals surface area contributed by atoms with Gasteiger partial charge in [0.05, 0.1) is 34.8 Å². The van der Waals surface area contributed by atoms with Gasteiger partial charge in [0.1, 0.15) is 0 Å². The zero-order chi connectivity index (χ0) is 19.3. The number of carbonyl (C=O) groups excluding carboxylic acids is 1. The molecule has 1 aliphatic rings. The average Bonchev–Trinajstić information content (AvgIpc) is 3.30. The van der Waals surface area contributed by atoms with Gasteiger partial charge in [0.25, 0.3) is 5.91 Å². The molecule has 0 radical (unpaired) electrons. The fraction of sp³-hybridized carbons (Fsp3) is 0.421. The lowest BCUT2D eigenvalue weighted by atomic mass is 10.1. The second-order valence-electron chi connectivity index (χ2n) is 7.43. The van der Waals surface area contributed by atoms with Crippen molar-refractivity contribution >= 4 is 17.1 Å². The van der Waals surface area contributed by atoms with Gasteiger partial charge in [0, 0.05) is 29.1 Å². The summed E-state index contributed by atoms with van der Waals surface area (Å²) in [6, 6.07) is 1.75. The highest BCUT2D eigenvalue weighted by Gasteiger charge is 2.34. The van der Waals surface area contributed by atoms with E-state index in [2.05, 4.69) is 20.6 Å². The zero-order valence-corrected chi connectivity index (χ0v) is 15.7. The molecule has 27 heavy (non-hydrogen) atoms. The Labute approximate surface area is 156 Å². The summed E-state index contributed by atoms with van der Waals surface area (Å²) in [4.78, 5) is 12.0. The number of aromatic nitrogens is 4. The summed E-state index contributed by atoms with van der Waals surface area (Å²) in [7, 11) is 0. The van der Waals surface area contributed by atoms with E-state index in [1.54, 1.807) is 4.52 Å². The second-order valence-corrected chi connectivity index (χ2v) is 7.43. The van der Waals surface area contributed by atoms with Gasteiger partial charge in [-0.3, -0.25) is 9.89 Å². The van der Waals surface area contributed by atoms with Crippen LogP contribution in [0.2, 0.25) is 0 Å². The number of nitrogens with one attached hydrogen (secondary N) is 2. The molecule has 2 atom stereocenters. The molecular formula is C19H24N6O2. The van der Waals surface area contributed by atoms with Gasteiger partial charge in [0.2, 0.25) is 0 Å². The number of anilines is 1. The molecule has 1 amide bonds. The van der Waals surface area contributed by atoms with Crippen molar-refractivity contribution in [3.63, 3.8) is 0 Å². The topological polar surface area (TPSA) is 121 Å². The molecule has 3 aromatic rings. The molecule has 142 valence electrons. The fourth-order valence-electron chi connectivity index (χ4n) is 3.67. The van der Waals surface area contributed by atoms with Crippen LogP contribution in [0.5, 0.6) is 0 Å². The van der Waals surface area contributed by atoms with E-state index in [0.717, 1.165) is 40.9 Å². The third-order valence-electron chi connectivity index (χ3n) is 5.31. The third-order valence-corrected chi connectivity index (χ3v) is 5.31. The van der Waals surface area contributed by atoms with Gasteiger partial charge in [-0.2, -0.15) is 10.2 Å². The number of carbonyl (C=O) groups is 1. The molecule has 3 aromatic heterocycles. The summed E-state index contributed by atoms with van der Waals surface area (Å²) >= 11 is 0. The van der Waals surface area contributed by atoms with Gasteiger partial charge in [-0.15, -0.1) is 0 Å².